The predicted molar refractivity (Wildman–Crippen MR) is 110 cm³/mol. The standard InChI is InChI=1S/C25H27F7O/c1-2-3-4-15-5-7-16(8-6-15)9-10-17-11-19(26)23(20(27)12-17)25(31,32)33-18-13-21(28)24(30)22(29)14-18/h11-16H,2-10H2,1H3. The molecule has 0 atom stereocenters. The number of hydrogen-bond donors (Lipinski definition) is 0. The highest BCUT2D eigenvalue weighted by Gasteiger charge is 2.41. The Kier molecular flexibility index (Phi) is 8.29. The van der Waals surface area contributed by atoms with E-state index in [4.69, 9.17) is 0 Å². The van der Waals surface area contributed by atoms with Gasteiger partial charge in [0.1, 0.15) is 22.9 Å². The Hall–Kier alpha value is -2.25. The van der Waals surface area contributed by atoms with Gasteiger partial charge in [0.05, 0.1) is 0 Å². The van der Waals surface area contributed by atoms with Crippen LogP contribution in [0.2, 0.25) is 0 Å². The van der Waals surface area contributed by atoms with Crippen LogP contribution in [0.15, 0.2) is 24.3 Å². The zero-order chi connectivity index (χ0) is 24.2. The summed E-state index contributed by atoms with van der Waals surface area (Å²) in [5.41, 5.74) is -1.43. The van der Waals surface area contributed by atoms with Crippen LogP contribution in [0.1, 0.15) is 69.4 Å². The molecule has 182 valence electrons. The molecular weight excluding hydrogens is 449 g/mol. The largest absolute Gasteiger partial charge is 0.432 e. The molecule has 0 N–H and O–H groups in total. The Morgan fingerprint density at radius 3 is 1.82 bits per heavy atom. The Bertz CT molecular complexity index is 906. The van der Waals surface area contributed by atoms with Crippen LogP contribution in [-0.2, 0) is 12.5 Å². The highest BCUT2D eigenvalue weighted by Crippen LogP contribution is 2.37. The van der Waals surface area contributed by atoms with Crippen LogP contribution in [0.25, 0.3) is 0 Å². The summed E-state index contributed by atoms with van der Waals surface area (Å²) in [4.78, 5) is 0. The summed E-state index contributed by atoms with van der Waals surface area (Å²) >= 11 is 0. The molecule has 2 aromatic rings. The van der Waals surface area contributed by atoms with E-state index in [0.29, 0.717) is 18.8 Å². The lowest BCUT2D eigenvalue weighted by atomic mass is 9.78. The molecule has 1 aliphatic rings. The molecule has 0 aliphatic heterocycles. The van der Waals surface area contributed by atoms with E-state index in [2.05, 4.69) is 11.7 Å². The topological polar surface area (TPSA) is 9.23 Å². The van der Waals surface area contributed by atoms with E-state index in [-0.39, 0.29) is 17.7 Å². The molecule has 1 aliphatic carbocycles. The van der Waals surface area contributed by atoms with Gasteiger partial charge in [0.15, 0.2) is 17.5 Å². The zero-order valence-corrected chi connectivity index (χ0v) is 18.4. The molecule has 0 heterocycles. The van der Waals surface area contributed by atoms with Crippen LogP contribution >= 0.6 is 0 Å². The SMILES string of the molecule is CCCCC1CCC(CCc2cc(F)c(C(F)(F)Oc3cc(F)c(F)c(F)c3)c(F)c2)CC1. The maximum Gasteiger partial charge on any atom is 0.432 e. The van der Waals surface area contributed by atoms with E-state index in [9.17, 15) is 30.7 Å². The quantitative estimate of drug-likeness (QED) is 0.261. The molecule has 1 saturated carbocycles. The van der Waals surface area contributed by atoms with Gasteiger partial charge in [-0.2, -0.15) is 8.78 Å². The smallest absolute Gasteiger partial charge is 0.429 e. The number of unbranched alkanes of at least 4 members (excludes halogenated alkanes) is 1. The highest BCUT2D eigenvalue weighted by atomic mass is 19.3. The number of alkyl halides is 2. The maximum atomic E-state index is 14.5. The monoisotopic (exact) mass is 476 g/mol. The second-order valence-corrected chi connectivity index (χ2v) is 8.82. The van der Waals surface area contributed by atoms with Gasteiger partial charge in [0.25, 0.3) is 0 Å². The van der Waals surface area contributed by atoms with Gasteiger partial charge in [-0.1, -0.05) is 51.9 Å². The molecular formula is C25H27F7O. The third-order valence-electron chi connectivity index (χ3n) is 6.37. The van der Waals surface area contributed by atoms with Crippen LogP contribution in [-0.4, -0.2) is 0 Å². The first-order valence-corrected chi connectivity index (χ1v) is 11.3. The number of benzene rings is 2. The van der Waals surface area contributed by atoms with Crippen LogP contribution < -0.4 is 4.74 Å². The lowest BCUT2D eigenvalue weighted by Crippen LogP contribution is -2.25. The van der Waals surface area contributed by atoms with Gasteiger partial charge < -0.3 is 4.74 Å². The number of ether oxygens (including phenoxy) is 1. The Labute approximate surface area is 188 Å². The van der Waals surface area contributed by atoms with Crippen molar-refractivity contribution in [3.8, 4) is 5.75 Å². The van der Waals surface area contributed by atoms with E-state index in [0.717, 1.165) is 43.7 Å². The first-order valence-electron chi connectivity index (χ1n) is 11.3. The molecule has 8 heteroatoms. The number of aryl methyl sites for hydroxylation is 1. The van der Waals surface area contributed by atoms with Gasteiger partial charge in [-0.05, 0) is 42.4 Å². The zero-order valence-electron chi connectivity index (χ0n) is 18.4. The molecule has 3 rings (SSSR count). The molecule has 0 saturated heterocycles. The van der Waals surface area contributed by atoms with Crippen molar-refractivity contribution in [3.63, 3.8) is 0 Å². The minimum absolute atomic E-state index is 0.174. The van der Waals surface area contributed by atoms with Crippen molar-refractivity contribution in [1.29, 1.82) is 0 Å². The summed E-state index contributed by atoms with van der Waals surface area (Å²) in [6.07, 6.45) is 4.49. The minimum atomic E-state index is -4.57. The van der Waals surface area contributed by atoms with E-state index in [1.165, 1.54) is 19.3 Å². The first-order chi connectivity index (χ1) is 15.6. The Balaban J connectivity index is 1.65. The molecule has 0 amide bonds. The van der Waals surface area contributed by atoms with Crippen molar-refractivity contribution < 1.29 is 35.5 Å². The molecule has 33 heavy (non-hydrogen) atoms. The lowest BCUT2D eigenvalue weighted by molar-refractivity contribution is -0.189. The average Bonchev–Trinajstić information content (AvgIpc) is 2.74. The van der Waals surface area contributed by atoms with Crippen molar-refractivity contribution >= 4 is 0 Å². The summed E-state index contributed by atoms with van der Waals surface area (Å²) < 4.78 is 101. The third-order valence-corrected chi connectivity index (χ3v) is 6.37. The van der Waals surface area contributed by atoms with Crippen molar-refractivity contribution in [1.82, 2.24) is 0 Å². The normalized spacial score (nSPS) is 19.0. The molecule has 0 aromatic heterocycles. The Morgan fingerprint density at radius 1 is 0.788 bits per heavy atom. The van der Waals surface area contributed by atoms with Crippen LogP contribution in [0, 0.1) is 40.9 Å². The fraction of sp³-hybridized carbons (Fsp3) is 0.520. The molecule has 1 fully saturated rings. The van der Waals surface area contributed by atoms with Crippen molar-refractivity contribution in [2.75, 3.05) is 0 Å². The predicted octanol–water partition coefficient (Wildman–Crippen LogP) is 8.44. The van der Waals surface area contributed by atoms with Crippen LogP contribution in [0.4, 0.5) is 30.7 Å². The highest BCUT2D eigenvalue weighted by molar-refractivity contribution is 5.31. The third kappa shape index (κ3) is 6.42. The maximum absolute atomic E-state index is 14.5. The van der Waals surface area contributed by atoms with Crippen LogP contribution in [0.3, 0.4) is 0 Å². The van der Waals surface area contributed by atoms with Gasteiger partial charge >= 0.3 is 6.11 Å². The second-order valence-electron chi connectivity index (χ2n) is 8.82. The fourth-order valence-electron chi connectivity index (χ4n) is 4.51. The summed E-state index contributed by atoms with van der Waals surface area (Å²) in [7, 11) is 0. The van der Waals surface area contributed by atoms with Crippen molar-refractivity contribution in [2.45, 2.75) is 70.8 Å². The first kappa shape index (κ1) is 25.4. The molecule has 0 unspecified atom stereocenters. The summed E-state index contributed by atoms with van der Waals surface area (Å²) in [5, 5.41) is 0. The van der Waals surface area contributed by atoms with Crippen LogP contribution in [0.5, 0.6) is 5.75 Å². The van der Waals surface area contributed by atoms with Gasteiger partial charge in [-0.15, -0.1) is 0 Å². The molecule has 2 aromatic carbocycles. The van der Waals surface area contributed by atoms with Gasteiger partial charge in [0.2, 0.25) is 0 Å². The Morgan fingerprint density at radius 2 is 1.30 bits per heavy atom. The molecule has 0 spiro atoms. The second kappa shape index (κ2) is 10.8. The summed E-state index contributed by atoms with van der Waals surface area (Å²) in [6, 6.07) is 2.00. The van der Waals surface area contributed by atoms with Crippen molar-refractivity contribution in [3.05, 3.63) is 64.5 Å². The van der Waals surface area contributed by atoms with E-state index >= 15 is 0 Å². The number of rotatable bonds is 9. The van der Waals surface area contributed by atoms with Crippen molar-refractivity contribution in [2.24, 2.45) is 11.8 Å². The number of halogens is 7. The van der Waals surface area contributed by atoms with E-state index in [1.54, 1.807) is 0 Å². The van der Waals surface area contributed by atoms with E-state index < -0.39 is 46.5 Å². The average molecular weight is 476 g/mol. The van der Waals surface area contributed by atoms with Gasteiger partial charge in [0, 0.05) is 12.1 Å². The number of hydrogen-bond acceptors (Lipinski definition) is 1. The summed E-state index contributed by atoms with van der Waals surface area (Å²) in [5.74, 6) is -8.39. The lowest BCUT2D eigenvalue weighted by Gasteiger charge is -2.28. The summed E-state index contributed by atoms with van der Waals surface area (Å²) in [6.45, 7) is 2.17. The van der Waals surface area contributed by atoms with E-state index in [1.807, 2.05) is 0 Å². The molecule has 0 bridgehead atoms. The minimum Gasteiger partial charge on any atom is -0.429 e. The van der Waals surface area contributed by atoms with Gasteiger partial charge in [-0.25, -0.2) is 22.0 Å². The molecule has 0 radical (unpaired) electrons. The fourth-order valence-corrected chi connectivity index (χ4v) is 4.51. The van der Waals surface area contributed by atoms with Gasteiger partial charge in [-0.3, -0.25) is 0 Å². The molecule has 1 nitrogen and oxygen atoms in total.